The van der Waals surface area contributed by atoms with Crippen molar-refractivity contribution in [3.8, 4) is 11.5 Å². The summed E-state index contributed by atoms with van der Waals surface area (Å²) in [5.41, 5.74) is 1.10. The zero-order valence-electron chi connectivity index (χ0n) is 23.0. The third-order valence-corrected chi connectivity index (χ3v) is 9.38. The van der Waals surface area contributed by atoms with Crippen molar-refractivity contribution >= 4 is 37.0 Å². The summed E-state index contributed by atoms with van der Waals surface area (Å²) in [7, 11) is -4.17. The fraction of sp³-hybridized carbons (Fsp3) is 0.346. The summed E-state index contributed by atoms with van der Waals surface area (Å²) in [4.78, 5) is 15.2. The molecule has 11 nitrogen and oxygen atoms in total. The fourth-order valence-corrected chi connectivity index (χ4v) is 6.98. The van der Waals surface area contributed by atoms with Crippen molar-refractivity contribution in [3.05, 3.63) is 66.5 Å². The Kier molecular flexibility index (Phi) is 9.63. The lowest BCUT2D eigenvalue weighted by Gasteiger charge is -2.40. The van der Waals surface area contributed by atoms with E-state index in [1.165, 1.54) is 52.3 Å². The number of thiazole rings is 1. The van der Waals surface area contributed by atoms with E-state index >= 15 is 0 Å². The summed E-state index contributed by atoms with van der Waals surface area (Å²) in [6.07, 6.45) is -6.68. The SMILES string of the molecule is O=S(=O)(c1ccc(OC(F)(F)F)cc1)N1CCN(c2nc3nccnc3s2)C[C@@H]1COCNCc1ccc(OC(F)(F)F)cc1. The van der Waals surface area contributed by atoms with Crippen LogP contribution >= 0.6 is 11.3 Å². The van der Waals surface area contributed by atoms with Crippen LogP contribution in [0.1, 0.15) is 5.56 Å². The Morgan fingerprint density at radius 1 is 0.889 bits per heavy atom. The quantitative estimate of drug-likeness (QED) is 0.138. The van der Waals surface area contributed by atoms with Crippen LogP contribution in [-0.4, -0.2) is 79.4 Å². The van der Waals surface area contributed by atoms with Crippen molar-refractivity contribution in [3.63, 3.8) is 0 Å². The van der Waals surface area contributed by atoms with Gasteiger partial charge in [0.2, 0.25) is 10.0 Å². The number of anilines is 1. The first-order valence-corrected chi connectivity index (χ1v) is 15.4. The molecule has 19 heteroatoms. The molecule has 0 aliphatic carbocycles. The highest BCUT2D eigenvalue weighted by molar-refractivity contribution is 7.89. The van der Waals surface area contributed by atoms with Gasteiger partial charge in [0.05, 0.1) is 24.3 Å². The average molecular weight is 679 g/mol. The number of halogens is 6. The summed E-state index contributed by atoms with van der Waals surface area (Å²) in [6.45, 7) is 0.602. The fourth-order valence-electron chi connectivity index (χ4n) is 4.49. The number of benzene rings is 2. The van der Waals surface area contributed by atoms with Gasteiger partial charge in [-0.15, -0.1) is 26.3 Å². The van der Waals surface area contributed by atoms with Gasteiger partial charge in [0, 0.05) is 38.6 Å². The molecule has 5 rings (SSSR count). The molecule has 1 saturated heterocycles. The minimum absolute atomic E-state index is 0.0215. The molecule has 4 aromatic rings. The highest BCUT2D eigenvalue weighted by Crippen LogP contribution is 2.31. The van der Waals surface area contributed by atoms with Gasteiger partial charge in [-0.1, -0.05) is 23.5 Å². The van der Waals surface area contributed by atoms with Crippen LogP contribution in [0.5, 0.6) is 11.5 Å². The summed E-state index contributed by atoms with van der Waals surface area (Å²) in [5, 5.41) is 3.57. The van der Waals surface area contributed by atoms with Crippen LogP contribution < -0.4 is 19.7 Å². The van der Waals surface area contributed by atoms with Crippen molar-refractivity contribution in [2.45, 2.75) is 30.2 Å². The van der Waals surface area contributed by atoms with Gasteiger partial charge in [0.1, 0.15) is 11.5 Å². The highest BCUT2D eigenvalue weighted by Gasteiger charge is 2.38. The Morgan fingerprint density at radius 2 is 1.51 bits per heavy atom. The monoisotopic (exact) mass is 678 g/mol. The first kappa shape index (κ1) is 32.6. The minimum atomic E-state index is -4.93. The molecule has 3 heterocycles. The zero-order valence-corrected chi connectivity index (χ0v) is 24.6. The first-order valence-electron chi connectivity index (χ1n) is 13.1. The molecule has 1 aliphatic rings. The van der Waals surface area contributed by atoms with Gasteiger partial charge in [-0.2, -0.15) is 9.29 Å². The molecule has 0 saturated carbocycles. The Bertz CT molecular complexity index is 1650. The van der Waals surface area contributed by atoms with E-state index in [1.54, 1.807) is 0 Å². The number of aromatic nitrogens is 3. The number of piperazine rings is 1. The number of nitrogens with one attached hydrogen (secondary N) is 1. The highest BCUT2D eigenvalue weighted by atomic mass is 32.2. The Labute approximate surface area is 256 Å². The molecule has 0 unspecified atom stereocenters. The predicted molar refractivity (Wildman–Crippen MR) is 149 cm³/mol. The standard InChI is InChI=1S/C26H24F6N6O5S2/c27-25(28,29)42-19-3-1-17(2-4-19)13-33-16-41-15-18-14-37(24-36-22-23(44-24)35-10-9-34-22)11-12-38(18)45(39,40)21-7-5-20(6-8-21)43-26(30,31)32/h1-10,18,33H,11-16H2/t18-/m1/s1. The number of sulfonamides is 1. The van der Waals surface area contributed by atoms with E-state index < -0.39 is 34.5 Å². The van der Waals surface area contributed by atoms with Crippen molar-refractivity contribution < 1.29 is 49.0 Å². The zero-order chi connectivity index (χ0) is 32.2. The topological polar surface area (TPSA) is 119 Å². The minimum Gasteiger partial charge on any atom is -0.406 e. The molecule has 45 heavy (non-hydrogen) atoms. The number of hydrogen-bond donors (Lipinski definition) is 1. The molecule has 1 aliphatic heterocycles. The van der Waals surface area contributed by atoms with Crippen LogP contribution in [0.15, 0.2) is 65.8 Å². The van der Waals surface area contributed by atoms with Crippen LogP contribution in [0.3, 0.4) is 0 Å². The van der Waals surface area contributed by atoms with Gasteiger partial charge >= 0.3 is 12.7 Å². The number of fused-ring (bicyclic) bond motifs is 1. The van der Waals surface area contributed by atoms with Crippen LogP contribution in [-0.2, 0) is 21.3 Å². The number of nitrogens with zero attached hydrogens (tertiary/aromatic N) is 5. The lowest BCUT2D eigenvalue weighted by atomic mass is 10.2. The van der Waals surface area contributed by atoms with Crippen LogP contribution in [0, 0.1) is 0 Å². The van der Waals surface area contributed by atoms with E-state index in [-0.39, 0.29) is 50.2 Å². The third kappa shape index (κ3) is 8.69. The maximum atomic E-state index is 13.6. The first-order chi connectivity index (χ1) is 21.3. The van der Waals surface area contributed by atoms with Crippen molar-refractivity contribution in [1.82, 2.24) is 24.6 Å². The molecule has 0 bridgehead atoms. The number of alkyl halides is 6. The molecule has 2 aromatic carbocycles. The van der Waals surface area contributed by atoms with Crippen molar-refractivity contribution in [2.24, 2.45) is 0 Å². The molecule has 2 aromatic heterocycles. The van der Waals surface area contributed by atoms with E-state index in [0.717, 1.165) is 24.3 Å². The van der Waals surface area contributed by atoms with Crippen molar-refractivity contribution in [2.75, 3.05) is 37.9 Å². The normalized spacial score (nSPS) is 16.7. The Balaban J connectivity index is 1.25. The van der Waals surface area contributed by atoms with E-state index in [2.05, 4.69) is 29.7 Å². The third-order valence-electron chi connectivity index (χ3n) is 6.40. The second-order valence-electron chi connectivity index (χ2n) is 9.55. The Morgan fingerprint density at radius 3 is 2.13 bits per heavy atom. The molecule has 242 valence electrons. The van der Waals surface area contributed by atoms with Crippen LogP contribution in [0.25, 0.3) is 10.5 Å². The molecule has 1 N–H and O–H groups in total. The summed E-state index contributed by atoms with van der Waals surface area (Å²) in [5.74, 6) is -0.911. The van der Waals surface area contributed by atoms with E-state index in [1.807, 2.05) is 4.90 Å². The molecule has 1 fully saturated rings. The Hall–Kier alpha value is -3.78. The number of hydrogen-bond acceptors (Lipinski definition) is 11. The van der Waals surface area contributed by atoms with Crippen molar-refractivity contribution in [1.29, 1.82) is 0 Å². The smallest absolute Gasteiger partial charge is 0.406 e. The van der Waals surface area contributed by atoms with Gasteiger partial charge in [-0.05, 0) is 42.0 Å². The summed E-state index contributed by atoms with van der Waals surface area (Å²) < 4.78 is 117. The maximum Gasteiger partial charge on any atom is 0.573 e. The second-order valence-corrected chi connectivity index (χ2v) is 12.4. The number of rotatable bonds is 11. The lowest BCUT2D eigenvalue weighted by Crippen LogP contribution is -2.57. The molecule has 0 amide bonds. The summed E-state index contributed by atoms with van der Waals surface area (Å²) in [6, 6.07) is 8.46. The molecular weight excluding hydrogens is 654 g/mol. The maximum absolute atomic E-state index is 13.6. The van der Waals surface area contributed by atoms with Gasteiger partial charge in [0.25, 0.3) is 0 Å². The number of ether oxygens (including phenoxy) is 3. The summed E-state index contributed by atoms with van der Waals surface area (Å²) >= 11 is 1.29. The van der Waals surface area contributed by atoms with Gasteiger partial charge in [-0.25, -0.2) is 18.4 Å². The molecule has 0 spiro atoms. The lowest BCUT2D eigenvalue weighted by molar-refractivity contribution is -0.275. The van der Waals surface area contributed by atoms with Gasteiger partial charge in [0.15, 0.2) is 15.6 Å². The second kappa shape index (κ2) is 13.3. The van der Waals surface area contributed by atoms with E-state index in [4.69, 9.17) is 4.74 Å². The largest absolute Gasteiger partial charge is 0.573 e. The molecule has 1 atom stereocenters. The molecule has 0 radical (unpaired) electrons. The average Bonchev–Trinajstić information content (AvgIpc) is 3.41. The van der Waals surface area contributed by atoms with Crippen LogP contribution in [0.4, 0.5) is 31.5 Å². The van der Waals surface area contributed by atoms with Gasteiger partial charge in [-0.3, -0.25) is 5.32 Å². The van der Waals surface area contributed by atoms with Gasteiger partial charge < -0.3 is 19.1 Å². The predicted octanol–water partition coefficient (Wildman–Crippen LogP) is 4.53. The molecular formula is C26H24F6N6O5S2. The van der Waals surface area contributed by atoms with Crippen LogP contribution in [0.2, 0.25) is 0 Å². The van der Waals surface area contributed by atoms with E-state index in [9.17, 15) is 34.8 Å². The van der Waals surface area contributed by atoms with E-state index in [0.29, 0.717) is 21.2 Å².